The second-order valence-corrected chi connectivity index (χ2v) is 5.39. The number of hydrogen-bond donors (Lipinski definition) is 1. The molecule has 1 saturated heterocycles. The monoisotopic (exact) mass is 297 g/mol. The van der Waals surface area contributed by atoms with Crippen molar-refractivity contribution in [2.75, 3.05) is 6.54 Å². The molecular weight excluding hydrogens is 283 g/mol. The molecule has 2 heterocycles. The molecule has 0 radical (unpaired) electrons. The summed E-state index contributed by atoms with van der Waals surface area (Å²) < 4.78 is 44.7. The number of nitrogens with one attached hydrogen (secondary N) is 1. The van der Waals surface area contributed by atoms with E-state index in [0.717, 1.165) is 37.9 Å². The van der Waals surface area contributed by atoms with Crippen molar-refractivity contribution in [3.05, 3.63) is 35.5 Å². The molecule has 1 aromatic carbocycles. The van der Waals surface area contributed by atoms with Crippen molar-refractivity contribution >= 4 is 0 Å². The van der Waals surface area contributed by atoms with E-state index >= 15 is 0 Å². The molecule has 0 aliphatic carbocycles. The molecule has 1 aliphatic rings. The van der Waals surface area contributed by atoms with Gasteiger partial charge in [-0.3, -0.25) is 0 Å². The maximum atomic E-state index is 13.2. The topological polar surface area (TPSA) is 51.0 Å². The fraction of sp³-hybridized carbons (Fsp3) is 0.429. The first-order valence-corrected chi connectivity index (χ1v) is 6.74. The standard InChI is InChI=1S/C14H14F3N3O/c1-14(4-2-3-5-18-14)13-19-12(20-21-13)8-6-9(15)11(17)10(16)7-8/h6-7,18H,2-5H2,1H3. The first kappa shape index (κ1) is 14.1. The van der Waals surface area contributed by atoms with E-state index in [9.17, 15) is 13.2 Å². The molecule has 0 bridgehead atoms. The summed E-state index contributed by atoms with van der Waals surface area (Å²) in [7, 11) is 0. The first-order valence-electron chi connectivity index (χ1n) is 6.74. The van der Waals surface area contributed by atoms with Crippen LogP contribution in [0.15, 0.2) is 16.7 Å². The van der Waals surface area contributed by atoms with E-state index in [1.807, 2.05) is 6.92 Å². The SMILES string of the molecule is CC1(c2nc(-c3cc(F)c(F)c(F)c3)no2)CCCCN1. The quantitative estimate of drug-likeness (QED) is 0.865. The number of benzene rings is 1. The van der Waals surface area contributed by atoms with Crippen molar-refractivity contribution in [2.45, 2.75) is 31.7 Å². The number of nitrogens with zero attached hydrogens (tertiary/aromatic N) is 2. The molecule has 1 aromatic heterocycles. The van der Waals surface area contributed by atoms with Crippen LogP contribution in [0.1, 0.15) is 32.1 Å². The van der Waals surface area contributed by atoms with Crippen molar-refractivity contribution in [3.8, 4) is 11.4 Å². The van der Waals surface area contributed by atoms with Gasteiger partial charge in [-0.15, -0.1) is 0 Å². The lowest BCUT2D eigenvalue weighted by atomic mass is 9.91. The molecule has 112 valence electrons. The van der Waals surface area contributed by atoms with Gasteiger partial charge in [-0.05, 0) is 44.9 Å². The minimum absolute atomic E-state index is 0.0383. The van der Waals surface area contributed by atoms with E-state index in [-0.39, 0.29) is 11.4 Å². The minimum atomic E-state index is -1.51. The number of rotatable bonds is 2. The maximum Gasteiger partial charge on any atom is 0.246 e. The van der Waals surface area contributed by atoms with Crippen molar-refractivity contribution in [1.29, 1.82) is 0 Å². The van der Waals surface area contributed by atoms with E-state index in [2.05, 4.69) is 15.5 Å². The van der Waals surface area contributed by atoms with Crippen molar-refractivity contribution in [3.63, 3.8) is 0 Å². The van der Waals surface area contributed by atoms with Gasteiger partial charge in [0.1, 0.15) is 0 Å². The second-order valence-electron chi connectivity index (χ2n) is 5.39. The molecule has 3 rings (SSSR count). The predicted molar refractivity (Wildman–Crippen MR) is 68.8 cm³/mol. The van der Waals surface area contributed by atoms with Crippen LogP contribution in [0.25, 0.3) is 11.4 Å². The molecule has 0 saturated carbocycles. The van der Waals surface area contributed by atoms with Gasteiger partial charge in [-0.2, -0.15) is 4.98 Å². The zero-order valence-corrected chi connectivity index (χ0v) is 11.4. The van der Waals surface area contributed by atoms with Gasteiger partial charge in [0.05, 0.1) is 5.54 Å². The third kappa shape index (κ3) is 2.53. The zero-order chi connectivity index (χ0) is 15.0. The third-order valence-corrected chi connectivity index (χ3v) is 3.76. The summed E-state index contributed by atoms with van der Waals surface area (Å²) in [6.07, 6.45) is 2.94. The normalized spacial score (nSPS) is 22.5. The van der Waals surface area contributed by atoms with Gasteiger partial charge in [0.2, 0.25) is 11.7 Å². The summed E-state index contributed by atoms with van der Waals surface area (Å²) in [6, 6.07) is 1.70. The largest absolute Gasteiger partial charge is 0.337 e. The average Bonchev–Trinajstić information content (AvgIpc) is 2.95. The van der Waals surface area contributed by atoms with Gasteiger partial charge in [-0.1, -0.05) is 5.16 Å². The summed E-state index contributed by atoms with van der Waals surface area (Å²) in [5, 5.41) is 7.04. The average molecular weight is 297 g/mol. The van der Waals surface area contributed by atoms with E-state index in [0.29, 0.717) is 5.89 Å². The van der Waals surface area contributed by atoms with E-state index in [1.165, 1.54) is 0 Å². The van der Waals surface area contributed by atoms with Crippen LogP contribution in [0.4, 0.5) is 13.2 Å². The lowest BCUT2D eigenvalue weighted by Crippen LogP contribution is -2.43. The molecule has 4 nitrogen and oxygen atoms in total. The smallest absolute Gasteiger partial charge is 0.246 e. The van der Waals surface area contributed by atoms with Gasteiger partial charge < -0.3 is 9.84 Å². The Morgan fingerprint density at radius 1 is 1.19 bits per heavy atom. The highest BCUT2D eigenvalue weighted by Gasteiger charge is 2.34. The Morgan fingerprint density at radius 3 is 2.52 bits per heavy atom. The lowest BCUT2D eigenvalue weighted by molar-refractivity contribution is 0.207. The van der Waals surface area contributed by atoms with E-state index < -0.39 is 23.0 Å². The number of piperidine rings is 1. The van der Waals surface area contributed by atoms with Crippen LogP contribution in [0.3, 0.4) is 0 Å². The van der Waals surface area contributed by atoms with Crippen molar-refractivity contribution in [2.24, 2.45) is 0 Å². The summed E-state index contributed by atoms with van der Waals surface area (Å²) in [5.41, 5.74) is -0.401. The Morgan fingerprint density at radius 2 is 1.90 bits per heavy atom. The highest BCUT2D eigenvalue weighted by molar-refractivity contribution is 5.54. The summed E-state index contributed by atoms with van der Waals surface area (Å²) in [5.74, 6) is -3.67. The first-order chi connectivity index (χ1) is 9.99. The fourth-order valence-electron chi connectivity index (χ4n) is 2.49. The fourth-order valence-corrected chi connectivity index (χ4v) is 2.49. The Bertz CT molecular complexity index is 642. The molecule has 0 amide bonds. The molecule has 7 heteroatoms. The Hall–Kier alpha value is -1.89. The van der Waals surface area contributed by atoms with Gasteiger partial charge in [0.25, 0.3) is 0 Å². The molecule has 1 aliphatic heterocycles. The van der Waals surface area contributed by atoms with E-state index in [1.54, 1.807) is 0 Å². The maximum absolute atomic E-state index is 13.2. The Balaban J connectivity index is 1.95. The second kappa shape index (κ2) is 5.14. The number of hydrogen-bond acceptors (Lipinski definition) is 4. The molecular formula is C14H14F3N3O. The predicted octanol–water partition coefficient (Wildman–Crippen LogP) is 3.14. The van der Waals surface area contributed by atoms with Gasteiger partial charge in [0, 0.05) is 5.56 Å². The van der Waals surface area contributed by atoms with Crippen LogP contribution in [0, 0.1) is 17.5 Å². The molecule has 1 unspecified atom stereocenters. The van der Waals surface area contributed by atoms with Crippen LogP contribution in [0.2, 0.25) is 0 Å². The van der Waals surface area contributed by atoms with Gasteiger partial charge in [0.15, 0.2) is 17.5 Å². The summed E-state index contributed by atoms with van der Waals surface area (Å²) in [6.45, 7) is 2.78. The zero-order valence-electron chi connectivity index (χ0n) is 11.4. The van der Waals surface area contributed by atoms with Crippen LogP contribution in [-0.4, -0.2) is 16.7 Å². The lowest BCUT2D eigenvalue weighted by Gasteiger charge is -2.31. The summed E-state index contributed by atoms with van der Waals surface area (Å²) >= 11 is 0. The molecule has 1 N–H and O–H groups in total. The highest BCUT2D eigenvalue weighted by atomic mass is 19.2. The molecule has 2 aromatic rings. The molecule has 0 spiro atoms. The highest BCUT2D eigenvalue weighted by Crippen LogP contribution is 2.30. The van der Waals surface area contributed by atoms with Crippen molar-refractivity contribution < 1.29 is 17.7 Å². The Labute approximate surface area is 119 Å². The number of halogens is 3. The van der Waals surface area contributed by atoms with Crippen molar-refractivity contribution in [1.82, 2.24) is 15.5 Å². The van der Waals surface area contributed by atoms with Crippen LogP contribution in [0.5, 0.6) is 0 Å². The van der Waals surface area contributed by atoms with Crippen LogP contribution in [-0.2, 0) is 5.54 Å². The van der Waals surface area contributed by atoms with E-state index in [4.69, 9.17) is 4.52 Å². The molecule has 1 fully saturated rings. The molecule has 21 heavy (non-hydrogen) atoms. The van der Waals surface area contributed by atoms with Crippen LogP contribution < -0.4 is 5.32 Å². The number of aromatic nitrogens is 2. The minimum Gasteiger partial charge on any atom is -0.337 e. The molecule has 1 atom stereocenters. The van der Waals surface area contributed by atoms with Gasteiger partial charge >= 0.3 is 0 Å². The summed E-state index contributed by atoms with van der Waals surface area (Å²) in [4.78, 5) is 4.19. The van der Waals surface area contributed by atoms with Crippen LogP contribution >= 0.6 is 0 Å². The van der Waals surface area contributed by atoms with Gasteiger partial charge in [-0.25, -0.2) is 13.2 Å². The third-order valence-electron chi connectivity index (χ3n) is 3.76. The Kier molecular flexibility index (Phi) is 3.44.